The summed E-state index contributed by atoms with van der Waals surface area (Å²) in [5.41, 5.74) is 0.824. The molecule has 1 aromatic heterocycles. The minimum absolute atomic E-state index is 0.141. The number of carbonyl (C=O) groups excluding carboxylic acids is 1. The van der Waals surface area contributed by atoms with Gasteiger partial charge in [-0.2, -0.15) is 8.78 Å². The Bertz CT molecular complexity index is 1040. The van der Waals surface area contributed by atoms with Gasteiger partial charge >= 0.3 is 18.2 Å². The zero-order valence-electron chi connectivity index (χ0n) is 13.9. The van der Waals surface area contributed by atoms with Gasteiger partial charge in [0.15, 0.2) is 0 Å². The fourth-order valence-electron chi connectivity index (χ4n) is 2.60. The summed E-state index contributed by atoms with van der Waals surface area (Å²) in [6.45, 7) is 0.334. The van der Waals surface area contributed by atoms with Crippen LogP contribution in [0.2, 0.25) is 0 Å². The molecule has 0 radical (unpaired) electrons. The number of benzene rings is 2. The van der Waals surface area contributed by atoms with Crippen LogP contribution in [-0.2, 0) is 0 Å². The van der Waals surface area contributed by atoms with Gasteiger partial charge in [-0.3, -0.25) is 0 Å². The molecule has 0 N–H and O–H groups in total. The number of hydrogen-bond acceptors (Lipinski definition) is 5. The Morgan fingerprint density at radius 2 is 1.81 bits per heavy atom. The lowest BCUT2D eigenvalue weighted by Crippen LogP contribution is -2.13. The second-order valence-electron chi connectivity index (χ2n) is 5.58. The topological polar surface area (TPSA) is 65.7 Å². The van der Waals surface area contributed by atoms with Crippen LogP contribution in [0.15, 0.2) is 51.7 Å². The predicted octanol–water partition coefficient (Wildman–Crippen LogP) is 4.23. The van der Waals surface area contributed by atoms with Crippen molar-refractivity contribution in [2.45, 2.75) is 20.5 Å². The van der Waals surface area contributed by atoms with Crippen molar-refractivity contribution in [3.8, 4) is 11.5 Å². The lowest BCUT2D eigenvalue weighted by Gasteiger charge is -2.12. The molecule has 0 atom stereocenters. The third kappa shape index (κ3) is 3.42. The molecule has 134 valence electrons. The Morgan fingerprint density at radius 3 is 2.54 bits per heavy atom. The number of carbonyl (C=O) groups is 1. The minimum Gasteiger partial charge on any atom is -0.434 e. The lowest BCUT2D eigenvalue weighted by molar-refractivity contribution is -0.0503. The monoisotopic (exact) mass is 360 g/mol. The quantitative estimate of drug-likeness (QED) is 0.396. The first kappa shape index (κ1) is 17.6. The zero-order chi connectivity index (χ0) is 18.8. The van der Waals surface area contributed by atoms with Gasteiger partial charge in [-0.1, -0.05) is 12.1 Å². The molecule has 1 heterocycles. The van der Waals surface area contributed by atoms with Gasteiger partial charge in [0.05, 0.1) is 0 Å². The van der Waals surface area contributed by atoms with E-state index in [1.54, 1.807) is 26.0 Å². The van der Waals surface area contributed by atoms with Crippen molar-refractivity contribution in [1.29, 1.82) is 0 Å². The summed E-state index contributed by atoms with van der Waals surface area (Å²) in [6.07, 6.45) is 0. The molecular formula is C19H14F2O5. The van der Waals surface area contributed by atoms with Crippen LogP contribution in [0.4, 0.5) is 8.78 Å². The van der Waals surface area contributed by atoms with Crippen LogP contribution in [0.1, 0.15) is 21.5 Å². The molecule has 26 heavy (non-hydrogen) atoms. The average molecular weight is 360 g/mol. The van der Waals surface area contributed by atoms with E-state index in [0.29, 0.717) is 16.5 Å². The lowest BCUT2D eigenvalue weighted by atomic mass is 10.1. The second-order valence-corrected chi connectivity index (χ2v) is 5.58. The smallest absolute Gasteiger partial charge is 0.387 e. The van der Waals surface area contributed by atoms with E-state index in [1.165, 1.54) is 30.3 Å². The van der Waals surface area contributed by atoms with E-state index in [0.717, 1.165) is 5.56 Å². The Balaban J connectivity index is 1.98. The van der Waals surface area contributed by atoms with Crippen molar-refractivity contribution in [3.63, 3.8) is 0 Å². The molecule has 0 spiro atoms. The molecule has 7 heteroatoms. The molecular weight excluding hydrogens is 346 g/mol. The molecule has 5 nitrogen and oxygen atoms in total. The summed E-state index contributed by atoms with van der Waals surface area (Å²) < 4.78 is 39.8. The average Bonchev–Trinajstić information content (AvgIpc) is 2.57. The second kappa shape index (κ2) is 6.95. The molecule has 0 unspecified atom stereocenters. The van der Waals surface area contributed by atoms with Crippen molar-refractivity contribution < 1.29 is 27.5 Å². The largest absolute Gasteiger partial charge is 0.434 e. The SMILES string of the molecule is Cc1cc(=O)oc2c(C)c(OC(=O)c3ccccc3OC(F)F)ccc12. The van der Waals surface area contributed by atoms with Crippen molar-refractivity contribution in [2.24, 2.45) is 0 Å². The molecule has 0 amide bonds. The first-order valence-electron chi connectivity index (χ1n) is 7.67. The highest BCUT2D eigenvalue weighted by molar-refractivity contribution is 5.95. The summed E-state index contributed by atoms with van der Waals surface area (Å²) in [4.78, 5) is 24.0. The van der Waals surface area contributed by atoms with Crippen molar-refractivity contribution in [2.75, 3.05) is 0 Å². The zero-order valence-corrected chi connectivity index (χ0v) is 13.9. The van der Waals surface area contributed by atoms with Crippen LogP contribution in [0.5, 0.6) is 11.5 Å². The van der Waals surface area contributed by atoms with E-state index in [9.17, 15) is 18.4 Å². The van der Waals surface area contributed by atoms with E-state index >= 15 is 0 Å². The highest BCUT2D eigenvalue weighted by Gasteiger charge is 2.19. The Morgan fingerprint density at radius 1 is 1.08 bits per heavy atom. The van der Waals surface area contributed by atoms with Crippen LogP contribution in [0.3, 0.4) is 0 Å². The van der Waals surface area contributed by atoms with Crippen molar-refractivity contribution in [1.82, 2.24) is 0 Å². The predicted molar refractivity (Wildman–Crippen MR) is 90.0 cm³/mol. The van der Waals surface area contributed by atoms with Gasteiger partial charge < -0.3 is 13.9 Å². The van der Waals surface area contributed by atoms with Crippen molar-refractivity contribution in [3.05, 3.63) is 69.6 Å². The molecule has 0 saturated carbocycles. The van der Waals surface area contributed by atoms with Crippen LogP contribution >= 0.6 is 0 Å². The third-order valence-corrected chi connectivity index (χ3v) is 3.84. The van der Waals surface area contributed by atoms with E-state index < -0.39 is 18.2 Å². The number of alkyl halides is 2. The van der Waals surface area contributed by atoms with Gasteiger partial charge in [-0.25, -0.2) is 9.59 Å². The van der Waals surface area contributed by atoms with Gasteiger partial charge in [0.2, 0.25) is 0 Å². The number of fused-ring (bicyclic) bond motifs is 1. The van der Waals surface area contributed by atoms with Gasteiger partial charge in [0, 0.05) is 17.0 Å². The fraction of sp³-hybridized carbons (Fsp3) is 0.158. The number of halogens is 2. The molecule has 0 fully saturated rings. The third-order valence-electron chi connectivity index (χ3n) is 3.84. The molecule has 0 aliphatic rings. The van der Waals surface area contributed by atoms with Gasteiger partial charge in [-0.05, 0) is 43.7 Å². The van der Waals surface area contributed by atoms with Crippen LogP contribution in [0, 0.1) is 13.8 Å². The normalized spacial score (nSPS) is 11.0. The van der Waals surface area contributed by atoms with Crippen LogP contribution < -0.4 is 15.1 Å². The molecule has 0 aliphatic carbocycles. The number of hydrogen-bond donors (Lipinski definition) is 0. The highest BCUT2D eigenvalue weighted by Crippen LogP contribution is 2.29. The standard InChI is InChI=1S/C19H14F2O5/c1-10-9-16(22)26-17-11(2)14(8-7-12(10)17)24-18(23)13-5-3-4-6-15(13)25-19(20)21/h3-9,19H,1-2H3. The fourth-order valence-corrected chi connectivity index (χ4v) is 2.60. The van der Waals surface area contributed by atoms with Crippen LogP contribution in [-0.4, -0.2) is 12.6 Å². The van der Waals surface area contributed by atoms with E-state index in [-0.39, 0.29) is 17.1 Å². The maximum Gasteiger partial charge on any atom is 0.387 e. The van der Waals surface area contributed by atoms with E-state index in [2.05, 4.69) is 4.74 Å². The molecule has 0 bridgehead atoms. The first-order chi connectivity index (χ1) is 12.4. The number of esters is 1. The molecule has 0 aliphatic heterocycles. The highest BCUT2D eigenvalue weighted by atomic mass is 19.3. The number of ether oxygens (including phenoxy) is 2. The molecule has 2 aromatic carbocycles. The summed E-state index contributed by atoms with van der Waals surface area (Å²) in [7, 11) is 0. The maximum atomic E-state index is 12.5. The van der Waals surface area contributed by atoms with Gasteiger partial charge in [-0.15, -0.1) is 0 Å². The molecule has 3 aromatic rings. The number of para-hydroxylation sites is 1. The number of rotatable bonds is 4. The van der Waals surface area contributed by atoms with Crippen molar-refractivity contribution >= 4 is 16.9 Å². The summed E-state index contributed by atoms with van der Waals surface area (Å²) in [6, 6.07) is 10.1. The molecule has 0 saturated heterocycles. The Hall–Kier alpha value is -3.22. The summed E-state index contributed by atoms with van der Waals surface area (Å²) in [5.74, 6) is -0.991. The summed E-state index contributed by atoms with van der Waals surface area (Å²) >= 11 is 0. The summed E-state index contributed by atoms with van der Waals surface area (Å²) in [5, 5.41) is 0.711. The van der Waals surface area contributed by atoms with Crippen LogP contribution in [0.25, 0.3) is 11.0 Å². The minimum atomic E-state index is -3.07. The molecule has 3 rings (SSSR count). The first-order valence-corrected chi connectivity index (χ1v) is 7.67. The number of aryl methyl sites for hydroxylation is 2. The van der Waals surface area contributed by atoms with Gasteiger partial charge in [0.1, 0.15) is 22.6 Å². The Labute approximate surface area is 146 Å². The van der Waals surface area contributed by atoms with E-state index in [4.69, 9.17) is 9.15 Å². The van der Waals surface area contributed by atoms with E-state index in [1.807, 2.05) is 0 Å². The van der Waals surface area contributed by atoms with Gasteiger partial charge in [0.25, 0.3) is 0 Å². The maximum absolute atomic E-state index is 12.5. The Kier molecular flexibility index (Phi) is 4.71.